The molecule has 0 saturated heterocycles. The second-order valence-electron chi connectivity index (χ2n) is 10.1. The normalized spacial score (nSPS) is 11.4. The number of carbonyl (C=O) groups excluding carboxylic acids is 2. The molecule has 0 unspecified atom stereocenters. The topological polar surface area (TPSA) is 88.1 Å². The van der Waals surface area contributed by atoms with Gasteiger partial charge in [0.15, 0.2) is 0 Å². The lowest BCUT2D eigenvalue weighted by atomic mass is 9.92. The Balaban J connectivity index is 1.53. The number of aromatic nitrogens is 2. The zero-order valence-corrected chi connectivity index (χ0v) is 20.9. The number of hydrogen-bond donors (Lipinski definition) is 3. The molecule has 1 aromatic heterocycles. The number of hydrogen-bond acceptors (Lipinski definition) is 3. The first-order valence-electron chi connectivity index (χ1n) is 11.6. The van der Waals surface area contributed by atoms with Crippen molar-refractivity contribution in [2.75, 3.05) is 16.0 Å². The van der Waals surface area contributed by atoms with Crippen molar-refractivity contribution in [2.24, 2.45) is 13.0 Å². The minimum absolute atomic E-state index is 0.0351. The molecule has 3 rings (SSSR count). The van der Waals surface area contributed by atoms with Crippen molar-refractivity contribution in [3.05, 3.63) is 71.4 Å². The van der Waals surface area contributed by atoms with Crippen molar-refractivity contribution in [1.82, 2.24) is 9.78 Å². The lowest BCUT2D eigenvalue weighted by Gasteiger charge is -2.13. The van der Waals surface area contributed by atoms with E-state index in [2.05, 4.69) is 41.8 Å². The maximum Gasteiger partial charge on any atom is 0.324 e. The van der Waals surface area contributed by atoms with E-state index in [1.807, 2.05) is 75.5 Å². The van der Waals surface area contributed by atoms with Crippen molar-refractivity contribution in [2.45, 2.75) is 52.9 Å². The highest BCUT2D eigenvalue weighted by atomic mass is 16.2. The predicted molar refractivity (Wildman–Crippen MR) is 138 cm³/mol. The molecular weight excluding hydrogens is 426 g/mol. The molecule has 2 aromatic carbocycles. The van der Waals surface area contributed by atoms with E-state index in [1.165, 1.54) is 0 Å². The van der Waals surface area contributed by atoms with Gasteiger partial charge in [-0.1, -0.05) is 58.9 Å². The van der Waals surface area contributed by atoms with E-state index >= 15 is 0 Å². The largest absolute Gasteiger partial charge is 0.326 e. The molecule has 7 nitrogen and oxygen atoms in total. The number of amides is 3. The van der Waals surface area contributed by atoms with Crippen molar-refractivity contribution >= 4 is 29.1 Å². The Hall–Kier alpha value is -3.61. The molecule has 0 aliphatic carbocycles. The van der Waals surface area contributed by atoms with Crippen LogP contribution >= 0.6 is 0 Å². The van der Waals surface area contributed by atoms with Crippen LogP contribution in [0.2, 0.25) is 0 Å². The molecule has 0 atom stereocenters. The standard InChI is InChI=1S/C27H35N5O2/c1-18(2)15-25(33)28-21-11-7-19(8-12-21)16-20-9-13-22(14-10-20)29-26(34)30-24-17-23(27(3,4)5)31-32(24)6/h7-14,17-18H,15-16H2,1-6H3,(H,28,33)(H2,29,30,34). The van der Waals surface area contributed by atoms with Crippen LogP contribution in [0.1, 0.15) is 57.9 Å². The third kappa shape index (κ3) is 7.20. The third-order valence-electron chi connectivity index (χ3n) is 5.34. The summed E-state index contributed by atoms with van der Waals surface area (Å²) in [5.41, 5.74) is 4.62. The van der Waals surface area contributed by atoms with Crippen LogP contribution in [0.4, 0.5) is 22.0 Å². The monoisotopic (exact) mass is 461 g/mol. The molecule has 0 saturated carbocycles. The number of aryl methyl sites for hydroxylation is 1. The first-order chi connectivity index (χ1) is 16.0. The SMILES string of the molecule is CC(C)CC(=O)Nc1ccc(Cc2ccc(NC(=O)Nc3cc(C(C)(C)C)nn3C)cc2)cc1. The van der Waals surface area contributed by atoms with Gasteiger partial charge in [-0.05, 0) is 47.7 Å². The molecule has 180 valence electrons. The molecule has 3 N–H and O–H groups in total. The van der Waals surface area contributed by atoms with Crippen LogP contribution in [0.5, 0.6) is 0 Å². The van der Waals surface area contributed by atoms with E-state index < -0.39 is 0 Å². The van der Waals surface area contributed by atoms with Gasteiger partial charge >= 0.3 is 6.03 Å². The summed E-state index contributed by atoms with van der Waals surface area (Å²) >= 11 is 0. The average molecular weight is 462 g/mol. The second kappa shape index (κ2) is 10.5. The molecule has 3 aromatic rings. The van der Waals surface area contributed by atoms with Gasteiger partial charge in [0, 0.05) is 36.3 Å². The molecule has 3 amide bonds. The predicted octanol–water partition coefficient (Wildman–Crippen LogP) is 5.94. The Morgan fingerprint density at radius 2 is 1.41 bits per heavy atom. The first-order valence-corrected chi connectivity index (χ1v) is 11.6. The van der Waals surface area contributed by atoms with Crippen LogP contribution < -0.4 is 16.0 Å². The summed E-state index contributed by atoms with van der Waals surface area (Å²) in [5.74, 6) is 1.01. The average Bonchev–Trinajstić information content (AvgIpc) is 3.11. The number of anilines is 3. The summed E-state index contributed by atoms with van der Waals surface area (Å²) in [4.78, 5) is 24.4. The molecule has 34 heavy (non-hydrogen) atoms. The highest BCUT2D eigenvalue weighted by Crippen LogP contribution is 2.23. The maximum atomic E-state index is 12.4. The summed E-state index contributed by atoms with van der Waals surface area (Å²) in [6, 6.07) is 17.2. The molecular formula is C27H35N5O2. The van der Waals surface area contributed by atoms with Crippen LogP contribution in [0.15, 0.2) is 54.6 Å². The molecule has 0 bridgehead atoms. The van der Waals surface area contributed by atoms with Crippen molar-refractivity contribution in [3.8, 4) is 0 Å². The van der Waals surface area contributed by atoms with Gasteiger partial charge in [-0.2, -0.15) is 5.10 Å². The molecule has 0 fully saturated rings. The van der Waals surface area contributed by atoms with Crippen LogP contribution in [0, 0.1) is 5.92 Å². The summed E-state index contributed by atoms with van der Waals surface area (Å²) in [6.07, 6.45) is 1.28. The smallest absolute Gasteiger partial charge is 0.324 e. The summed E-state index contributed by atoms with van der Waals surface area (Å²) < 4.78 is 1.67. The van der Waals surface area contributed by atoms with Gasteiger partial charge in [-0.15, -0.1) is 0 Å². The number of urea groups is 1. The molecule has 7 heteroatoms. The Kier molecular flexibility index (Phi) is 7.76. The van der Waals surface area contributed by atoms with Crippen LogP contribution in [-0.4, -0.2) is 21.7 Å². The van der Waals surface area contributed by atoms with E-state index in [0.29, 0.717) is 23.8 Å². The highest BCUT2D eigenvalue weighted by Gasteiger charge is 2.19. The molecule has 0 aliphatic heterocycles. The number of carbonyl (C=O) groups is 2. The van der Waals surface area contributed by atoms with Crippen molar-refractivity contribution in [1.29, 1.82) is 0 Å². The summed E-state index contributed by atoms with van der Waals surface area (Å²) in [7, 11) is 1.81. The molecule has 0 aliphatic rings. The zero-order chi connectivity index (χ0) is 24.9. The van der Waals surface area contributed by atoms with E-state index in [-0.39, 0.29) is 17.4 Å². The number of nitrogens with one attached hydrogen (secondary N) is 3. The number of rotatable bonds is 7. The van der Waals surface area contributed by atoms with E-state index in [4.69, 9.17) is 0 Å². The van der Waals surface area contributed by atoms with Gasteiger partial charge in [0.05, 0.1) is 5.69 Å². The van der Waals surface area contributed by atoms with E-state index in [0.717, 1.165) is 28.9 Å². The Morgan fingerprint density at radius 3 is 1.88 bits per heavy atom. The van der Waals surface area contributed by atoms with Gasteiger partial charge in [0.1, 0.15) is 5.82 Å². The van der Waals surface area contributed by atoms with Crippen LogP contribution in [0.25, 0.3) is 0 Å². The Morgan fingerprint density at radius 1 is 0.882 bits per heavy atom. The van der Waals surface area contributed by atoms with Crippen LogP contribution in [-0.2, 0) is 23.7 Å². The first kappa shape index (κ1) is 25.0. The highest BCUT2D eigenvalue weighted by molar-refractivity contribution is 5.99. The lowest BCUT2D eigenvalue weighted by Crippen LogP contribution is -2.21. The Labute approximate surface area is 202 Å². The van der Waals surface area contributed by atoms with Gasteiger partial charge in [-0.3, -0.25) is 14.8 Å². The quantitative estimate of drug-likeness (QED) is 0.407. The minimum Gasteiger partial charge on any atom is -0.326 e. The number of nitrogens with zero attached hydrogens (tertiary/aromatic N) is 2. The minimum atomic E-state index is -0.314. The molecule has 1 heterocycles. The summed E-state index contributed by atoms with van der Waals surface area (Å²) in [6.45, 7) is 10.3. The van der Waals surface area contributed by atoms with Gasteiger partial charge in [-0.25, -0.2) is 4.79 Å². The van der Waals surface area contributed by atoms with Gasteiger partial charge in [0.25, 0.3) is 0 Å². The van der Waals surface area contributed by atoms with E-state index in [1.54, 1.807) is 4.68 Å². The second-order valence-corrected chi connectivity index (χ2v) is 10.1. The van der Waals surface area contributed by atoms with Gasteiger partial charge in [0.2, 0.25) is 5.91 Å². The number of benzene rings is 2. The zero-order valence-electron chi connectivity index (χ0n) is 20.9. The molecule has 0 spiro atoms. The lowest BCUT2D eigenvalue weighted by molar-refractivity contribution is -0.116. The van der Waals surface area contributed by atoms with Crippen molar-refractivity contribution < 1.29 is 9.59 Å². The fourth-order valence-electron chi connectivity index (χ4n) is 3.46. The fourth-order valence-corrected chi connectivity index (χ4v) is 3.46. The maximum absolute atomic E-state index is 12.4. The van der Waals surface area contributed by atoms with Gasteiger partial charge < -0.3 is 10.6 Å². The Bertz CT molecular complexity index is 1120. The fraction of sp³-hybridized carbons (Fsp3) is 0.370. The van der Waals surface area contributed by atoms with Crippen molar-refractivity contribution in [3.63, 3.8) is 0 Å². The molecule has 0 radical (unpaired) electrons. The van der Waals surface area contributed by atoms with Crippen LogP contribution in [0.3, 0.4) is 0 Å². The van der Waals surface area contributed by atoms with E-state index in [9.17, 15) is 9.59 Å². The third-order valence-corrected chi connectivity index (χ3v) is 5.34. The summed E-state index contributed by atoms with van der Waals surface area (Å²) in [5, 5.41) is 13.1.